The number of aromatic nitrogens is 2. The molecule has 0 bridgehead atoms. The third-order valence-electron chi connectivity index (χ3n) is 4.90. The Balaban J connectivity index is 1.81. The summed E-state index contributed by atoms with van der Waals surface area (Å²) < 4.78 is 7.32. The van der Waals surface area contributed by atoms with Crippen LogP contribution in [0, 0.1) is 25.2 Å². The van der Waals surface area contributed by atoms with E-state index in [4.69, 9.17) is 16.3 Å². The van der Waals surface area contributed by atoms with Gasteiger partial charge in [0, 0.05) is 16.9 Å². The zero-order valence-corrected chi connectivity index (χ0v) is 19.1. The van der Waals surface area contributed by atoms with Gasteiger partial charge >= 0.3 is 0 Å². The quantitative estimate of drug-likeness (QED) is 0.315. The topological polar surface area (TPSA) is 96.5 Å². The van der Waals surface area contributed by atoms with Crippen molar-refractivity contribution >= 4 is 34.9 Å². The van der Waals surface area contributed by atoms with Crippen LogP contribution in [0.3, 0.4) is 0 Å². The highest BCUT2D eigenvalue weighted by Gasteiger charge is 2.18. The number of aryl methyl sites for hydroxylation is 2. The smallest absolute Gasteiger partial charge is 0.269 e. The number of nitrogens with one attached hydrogen (secondary N) is 1. The summed E-state index contributed by atoms with van der Waals surface area (Å²) >= 11 is 5.88. The van der Waals surface area contributed by atoms with Gasteiger partial charge in [-0.3, -0.25) is 14.0 Å². The number of halogens is 1. The first-order valence-electron chi connectivity index (χ1n) is 10.3. The third-order valence-corrected chi connectivity index (χ3v) is 5.15. The van der Waals surface area contributed by atoms with Crippen molar-refractivity contribution in [2.75, 3.05) is 5.32 Å². The lowest BCUT2D eigenvalue weighted by molar-refractivity contribution is -0.112. The van der Waals surface area contributed by atoms with Crippen molar-refractivity contribution in [1.29, 1.82) is 5.26 Å². The Morgan fingerprint density at radius 3 is 2.50 bits per heavy atom. The maximum absolute atomic E-state index is 13.3. The lowest BCUT2D eigenvalue weighted by atomic mass is 10.1. The van der Waals surface area contributed by atoms with E-state index < -0.39 is 11.5 Å². The molecule has 2 aromatic heterocycles. The molecule has 0 aliphatic carbocycles. The maximum atomic E-state index is 13.3. The molecular formula is C26H19ClN4O3. The molecule has 0 fully saturated rings. The summed E-state index contributed by atoms with van der Waals surface area (Å²) in [6.45, 7) is 3.86. The molecule has 168 valence electrons. The molecule has 0 aliphatic rings. The average molecular weight is 471 g/mol. The van der Waals surface area contributed by atoms with E-state index in [0.29, 0.717) is 22.1 Å². The fraction of sp³-hybridized carbons (Fsp3) is 0.0769. The first kappa shape index (κ1) is 22.8. The molecule has 0 saturated carbocycles. The zero-order valence-electron chi connectivity index (χ0n) is 18.4. The van der Waals surface area contributed by atoms with Crippen molar-refractivity contribution in [2.45, 2.75) is 13.8 Å². The van der Waals surface area contributed by atoms with Crippen LogP contribution < -0.4 is 15.6 Å². The maximum Gasteiger partial charge on any atom is 0.269 e. The number of hydrogen-bond donors (Lipinski definition) is 1. The van der Waals surface area contributed by atoms with E-state index in [9.17, 15) is 14.9 Å². The van der Waals surface area contributed by atoms with Gasteiger partial charge in [0.05, 0.1) is 0 Å². The highest BCUT2D eigenvalue weighted by atomic mass is 35.5. The Morgan fingerprint density at radius 2 is 1.82 bits per heavy atom. The van der Waals surface area contributed by atoms with Crippen LogP contribution >= 0.6 is 11.6 Å². The number of nitriles is 1. The van der Waals surface area contributed by atoms with E-state index in [1.807, 2.05) is 38.1 Å². The van der Waals surface area contributed by atoms with Crippen LogP contribution in [-0.2, 0) is 4.79 Å². The Kier molecular flexibility index (Phi) is 6.44. The van der Waals surface area contributed by atoms with Gasteiger partial charge in [-0.15, -0.1) is 0 Å². The molecular weight excluding hydrogens is 452 g/mol. The summed E-state index contributed by atoms with van der Waals surface area (Å²) in [5, 5.41) is 12.8. The summed E-state index contributed by atoms with van der Waals surface area (Å²) in [7, 11) is 0. The number of carbonyl (C=O) groups is 1. The fourth-order valence-corrected chi connectivity index (χ4v) is 3.54. The van der Waals surface area contributed by atoms with Crippen molar-refractivity contribution in [3.8, 4) is 17.7 Å². The van der Waals surface area contributed by atoms with Crippen LogP contribution in [0.4, 0.5) is 5.69 Å². The van der Waals surface area contributed by atoms with E-state index in [-0.39, 0.29) is 17.0 Å². The third kappa shape index (κ3) is 4.98. The number of carbonyl (C=O) groups excluding carboxylic acids is 1. The molecule has 0 saturated heterocycles. The minimum absolute atomic E-state index is 0.00626. The molecule has 0 atom stereocenters. The lowest BCUT2D eigenvalue weighted by Crippen LogP contribution is -2.20. The van der Waals surface area contributed by atoms with Crippen LogP contribution in [0.15, 0.2) is 77.2 Å². The summed E-state index contributed by atoms with van der Waals surface area (Å²) in [4.78, 5) is 30.5. The molecule has 7 nitrogen and oxygen atoms in total. The van der Waals surface area contributed by atoms with Gasteiger partial charge in [-0.25, -0.2) is 0 Å². The number of benzene rings is 2. The molecule has 4 rings (SSSR count). The second-order valence-corrected chi connectivity index (χ2v) is 8.06. The van der Waals surface area contributed by atoms with Crippen molar-refractivity contribution < 1.29 is 9.53 Å². The van der Waals surface area contributed by atoms with Crippen LogP contribution in [0.5, 0.6) is 11.6 Å². The Labute approximate surface area is 200 Å². The summed E-state index contributed by atoms with van der Waals surface area (Å²) in [6.07, 6.45) is 2.75. The molecule has 1 N–H and O–H groups in total. The van der Waals surface area contributed by atoms with Gasteiger partial charge in [0.1, 0.15) is 28.6 Å². The minimum atomic E-state index is -0.681. The van der Waals surface area contributed by atoms with Crippen molar-refractivity contribution in [2.24, 2.45) is 0 Å². The number of ether oxygens (including phenoxy) is 1. The van der Waals surface area contributed by atoms with Gasteiger partial charge in [0.25, 0.3) is 11.5 Å². The Morgan fingerprint density at radius 1 is 1.12 bits per heavy atom. The zero-order chi connectivity index (χ0) is 24.2. The number of rotatable bonds is 5. The highest BCUT2D eigenvalue weighted by molar-refractivity contribution is 6.30. The minimum Gasteiger partial charge on any atom is -0.438 e. The Hall–Kier alpha value is -4.41. The van der Waals surface area contributed by atoms with Gasteiger partial charge in [0.15, 0.2) is 0 Å². The molecule has 34 heavy (non-hydrogen) atoms. The van der Waals surface area contributed by atoms with Gasteiger partial charge in [-0.2, -0.15) is 10.2 Å². The van der Waals surface area contributed by atoms with Crippen LogP contribution in [0.2, 0.25) is 5.02 Å². The number of anilines is 1. The number of fused-ring (bicyclic) bond motifs is 1. The summed E-state index contributed by atoms with van der Waals surface area (Å²) in [5.41, 5.74) is 2.00. The van der Waals surface area contributed by atoms with E-state index in [1.54, 1.807) is 48.7 Å². The lowest BCUT2D eigenvalue weighted by Gasteiger charge is -2.11. The van der Waals surface area contributed by atoms with Gasteiger partial charge in [-0.1, -0.05) is 23.7 Å². The summed E-state index contributed by atoms with van der Waals surface area (Å²) in [6, 6.07) is 19.0. The van der Waals surface area contributed by atoms with Gasteiger partial charge < -0.3 is 10.1 Å². The van der Waals surface area contributed by atoms with Gasteiger partial charge in [-0.05, 0) is 79.6 Å². The standard InChI is InChI=1S/C26H19ClN4O3/c1-16-11-17(2)13-21(12-16)34-25-22(26(33)31-10-4-3-5-23(31)30-25)14-18(15-28)24(32)29-20-8-6-19(27)7-9-20/h3-14H,1-2H3,(H,29,32)/b18-14-. The Bertz CT molecular complexity index is 1510. The molecule has 0 unspecified atom stereocenters. The van der Waals surface area contributed by atoms with E-state index >= 15 is 0 Å². The SMILES string of the molecule is Cc1cc(C)cc(Oc2nc3ccccn3c(=O)c2/C=C(/C#N)C(=O)Nc2ccc(Cl)cc2)c1. The largest absolute Gasteiger partial charge is 0.438 e. The fourth-order valence-electron chi connectivity index (χ4n) is 3.41. The first-order valence-corrected chi connectivity index (χ1v) is 10.7. The van der Waals surface area contributed by atoms with Crippen molar-refractivity contribution in [3.63, 3.8) is 0 Å². The number of hydrogen-bond acceptors (Lipinski definition) is 5. The highest BCUT2D eigenvalue weighted by Crippen LogP contribution is 2.26. The normalized spacial score (nSPS) is 11.2. The second kappa shape index (κ2) is 9.61. The van der Waals surface area contributed by atoms with Crippen LogP contribution in [0.25, 0.3) is 11.7 Å². The molecule has 0 aliphatic heterocycles. The molecule has 2 aromatic carbocycles. The number of pyridine rings is 1. The van der Waals surface area contributed by atoms with E-state index in [0.717, 1.165) is 11.1 Å². The number of nitrogens with zero attached hydrogens (tertiary/aromatic N) is 3. The van der Waals surface area contributed by atoms with Crippen molar-refractivity contribution in [1.82, 2.24) is 9.38 Å². The predicted octanol–water partition coefficient (Wildman–Crippen LogP) is 5.30. The average Bonchev–Trinajstić information content (AvgIpc) is 2.80. The summed E-state index contributed by atoms with van der Waals surface area (Å²) in [5.74, 6) is -0.198. The van der Waals surface area contributed by atoms with Gasteiger partial charge in [0.2, 0.25) is 5.88 Å². The molecule has 2 heterocycles. The second-order valence-electron chi connectivity index (χ2n) is 7.62. The molecule has 8 heteroatoms. The molecule has 4 aromatic rings. The first-order chi connectivity index (χ1) is 16.3. The predicted molar refractivity (Wildman–Crippen MR) is 131 cm³/mol. The molecule has 1 amide bonds. The number of amides is 1. The molecule has 0 radical (unpaired) electrons. The van der Waals surface area contributed by atoms with E-state index in [2.05, 4.69) is 10.3 Å². The van der Waals surface area contributed by atoms with Crippen molar-refractivity contribution in [3.05, 3.63) is 105 Å². The van der Waals surface area contributed by atoms with Crippen LogP contribution in [0.1, 0.15) is 16.7 Å². The van der Waals surface area contributed by atoms with Crippen LogP contribution in [-0.4, -0.2) is 15.3 Å². The van der Waals surface area contributed by atoms with E-state index in [1.165, 1.54) is 10.5 Å². The molecule has 0 spiro atoms. The monoisotopic (exact) mass is 470 g/mol.